The Morgan fingerprint density at radius 2 is 1.94 bits per heavy atom. The van der Waals surface area contributed by atoms with Crippen LogP contribution in [0.25, 0.3) is 10.9 Å². The first-order chi connectivity index (χ1) is 8.63. The molecule has 0 aliphatic heterocycles. The van der Waals surface area contributed by atoms with Gasteiger partial charge in [-0.2, -0.15) is 0 Å². The minimum atomic E-state index is 0.134. The zero-order chi connectivity index (χ0) is 13.3. The highest BCUT2D eigenvalue weighted by Crippen LogP contribution is 2.36. The minimum absolute atomic E-state index is 0.134. The molecule has 0 aliphatic rings. The van der Waals surface area contributed by atoms with Crippen molar-refractivity contribution in [1.82, 2.24) is 4.57 Å². The topological polar surface area (TPSA) is 43.6 Å². The van der Waals surface area contributed by atoms with Gasteiger partial charge in [0.2, 0.25) is 0 Å². The van der Waals surface area contributed by atoms with Gasteiger partial charge in [0, 0.05) is 36.9 Å². The average molecular weight is 249 g/mol. The van der Waals surface area contributed by atoms with Crippen molar-refractivity contribution in [2.24, 2.45) is 7.05 Å². The number of hydrogen-bond acceptors (Lipinski definition) is 3. The molecule has 0 amide bonds. The Hall–Kier alpha value is -1.68. The number of aliphatic hydroxyl groups excluding tert-OH is 1. The molecule has 4 nitrogen and oxygen atoms in total. The summed E-state index contributed by atoms with van der Waals surface area (Å²) in [5.41, 5.74) is 3.34. The summed E-state index contributed by atoms with van der Waals surface area (Å²) in [6.45, 7) is 2.19. The summed E-state index contributed by atoms with van der Waals surface area (Å²) in [6, 6.07) is 3.87. The highest BCUT2D eigenvalue weighted by Gasteiger charge is 2.17. The third-order valence-electron chi connectivity index (χ3n) is 3.48. The van der Waals surface area contributed by atoms with E-state index >= 15 is 0 Å². The van der Waals surface area contributed by atoms with Crippen molar-refractivity contribution < 1.29 is 14.6 Å². The Bertz CT molecular complexity index is 572. The van der Waals surface area contributed by atoms with Crippen LogP contribution in [0.5, 0.6) is 11.5 Å². The molecule has 2 rings (SSSR count). The van der Waals surface area contributed by atoms with Crippen LogP contribution in [-0.4, -0.2) is 30.5 Å². The molecule has 0 saturated heterocycles. The van der Waals surface area contributed by atoms with Gasteiger partial charge in [-0.15, -0.1) is 0 Å². The number of nitrogens with zero attached hydrogens (tertiary/aromatic N) is 1. The number of hydrogen-bond donors (Lipinski definition) is 1. The lowest BCUT2D eigenvalue weighted by molar-refractivity contribution is 0.299. The quantitative estimate of drug-likeness (QED) is 0.901. The molecule has 98 valence electrons. The lowest BCUT2D eigenvalue weighted by Crippen LogP contribution is -1.95. The van der Waals surface area contributed by atoms with Crippen LogP contribution in [0.4, 0.5) is 0 Å². The smallest absolute Gasteiger partial charge is 0.132 e. The van der Waals surface area contributed by atoms with Crippen LogP contribution >= 0.6 is 0 Å². The molecule has 0 bridgehead atoms. The van der Waals surface area contributed by atoms with E-state index in [2.05, 4.69) is 11.5 Å². The van der Waals surface area contributed by atoms with Crippen molar-refractivity contribution in [3.63, 3.8) is 0 Å². The summed E-state index contributed by atoms with van der Waals surface area (Å²) >= 11 is 0. The van der Waals surface area contributed by atoms with Crippen LogP contribution in [0.1, 0.15) is 11.3 Å². The Labute approximate surface area is 107 Å². The van der Waals surface area contributed by atoms with E-state index in [0.29, 0.717) is 6.42 Å². The summed E-state index contributed by atoms with van der Waals surface area (Å²) in [4.78, 5) is 0. The maximum absolute atomic E-state index is 9.20. The van der Waals surface area contributed by atoms with Gasteiger partial charge in [0.05, 0.1) is 19.7 Å². The van der Waals surface area contributed by atoms with Gasteiger partial charge >= 0.3 is 0 Å². The van der Waals surface area contributed by atoms with Gasteiger partial charge in [0.15, 0.2) is 0 Å². The summed E-state index contributed by atoms with van der Waals surface area (Å²) in [7, 11) is 5.31. The van der Waals surface area contributed by atoms with Gasteiger partial charge in [-0.05, 0) is 18.9 Å². The van der Waals surface area contributed by atoms with Gasteiger partial charge in [0.25, 0.3) is 0 Å². The van der Waals surface area contributed by atoms with E-state index in [0.717, 1.165) is 33.7 Å². The standard InChI is InChI=1S/C14H19NO3/c1-9-11(5-6-16)14-12(15(9)2)7-10(17-3)8-13(14)18-4/h7-8,16H,5-6H2,1-4H3. The number of aliphatic hydroxyl groups is 1. The summed E-state index contributed by atoms with van der Waals surface area (Å²) < 4.78 is 12.8. The third kappa shape index (κ3) is 1.82. The van der Waals surface area contributed by atoms with Crippen LogP contribution in [0.3, 0.4) is 0 Å². The van der Waals surface area contributed by atoms with E-state index in [1.807, 2.05) is 19.2 Å². The molecule has 18 heavy (non-hydrogen) atoms. The van der Waals surface area contributed by atoms with E-state index in [1.165, 1.54) is 0 Å². The molecule has 0 atom stereocenters. The van der Waals surface area contributed by atoms with Crippen molar-refractivity contribution in [1.29, 1.82) is 0 Å². The summed E-state index contributed by atoms with van der Waals surface area (Å²) in [6.07, 6.45) is 0.631. The van der Waals surface area contributed by atoms with Crippen molar-refractivity contribution >= 4 is 10.9 Å². The van der Waals surface area contributed by atoms with E-state index in [-0.39, 0.29) is 6.61 Å². The number of aromatic nitrogens is 1. The van der Waals surface area contributed by atoms with Crippen molar-refractivity contribution in [3.05, 3.63) is 23.4 Å². The highest BCUT2D eigenvalue weighted by molar-refractivity contribution is 5.92. The number of fused-ring (bicyclic) bond motifs is 1. The Kier molecular flexibility index (Phi) is 3.48. The first-order valence-electron chi connectivity index (χ1n) is 5.94. The molecule has 1 aromatic carbocycles. The molecule has 2 aromatic rings. The molecular weight excluding hydrogens is 230 g/mol. The van der Waals surface area contributed by atoms with E-state index in [4.69, 9.17) is 9.47 Å². The molecule has 1 aromatic heterocycles. The maximum atomic E-state index is 9.20. The minimum Gasteiger partial charge on any atom is -0.497 e. The van der Waals surface area contributed by atoms with Crippen molar-refractivity contribution in [2.75, 3.05) is 20.8 Å². The first kappa shape index (κ1) is 12.8. The predicted octanol–water partition coefficient (Wildman–Crippen LogP) is 2.04. The largest absolute Gasteiger partial charge is 0.497 e. The van der Waals surface area contributed by atoms with Crippen LogP contribution in [0.2, 0.25) is 0 Å². The van der Waals surface area contributed by atoms with Crippen LogP contribution < -0.4 is 9.47 Å². The number of benzene rings is 1. The first-order valence-corrected chi connectivity index (χ1v) is 5.94. The Morgan fingerprint density at radius 1 is 1.22 bits per heavy atom. The van der Waals surface area contributed by atoms with Gasteiger partial charge in [-0.3, -0.25) is 0 Å². The van der Waals surface area contributed by atoms with Gasteiger partial charge in [0.1, 0.15) is 11.5 Å². The predicted molar refractivity (Wildman–Crippen MR) is 71.5 cm³/mol. The van der Waals surface area contributed by atoms with Crippen molar-refractivity contribution in [3.8, 4) is 11.5 Å². The number of aryl methyl sites for hydroxylation is 1. The fourth-order valence-electron chi connectivity index (χ4n) is 2.40. The monoisotopic (exact) mass is 249 g/mol. The molecule has 0 saturated carbocycles. The highest BCUT2D eigenvalue weighted by atomic mass is 16.5. The zero-order valence-electron chi connectivity index (χ0n) is 11.3. The van der Waals surface area contributed by atoms with Crippen LogP contribution in [0, 0.1) is 6.92 Å². The second-order valence-corrected chi connectivity index (χ2v) is 4.32. The van der Waals surface area contributed by atoms with Gasteiger partial charge < -0.3 is 19.1 Å². The molecule has 0 radical (unpaired) electrons. The van der Waals surface area contributed by atoms with Crippen molar-refractivity contribution in [2.45, 2.75) is 13.3 Å². The molecule has 1 N–H and O–H groups in total. The molecule has 0 unspecified atom stereocenters. The lowest BCUT2D eigenvalue weighted by Gasteiger charge is -2.08. The Morgan fingerprint density at radius 3 is 2.50 bits per heavy atom. The SMILES string of the molecule is COc1cc(OC)c2c(CCO)c(C)n(C)c2c1. The van der Waals surface area contributed by atoms with Crippen LogP contribution in [-0.2, 0) is 13.5 Å². The van der Waals surface area contributed by atoms with E-state index in [1.54, 1.807) is 14.2 Å². The molecular formula is C14H19NO3. The number of methoxy groups -OCH3 is 2. The maximum Gasteiger partial charge on any atom is 0.132 e. The second-order valence-electron chi connectivity index (χ2n) is 4.32. The fourth-order valence-corrected chi connectivity index (χ4v) is 2.40. The zero-order valence-corrected chi connectivity index (χ0v) is 11.3. The summed E-state index contributed by atoms with van der Waals surface area (Å²) in [5.74, 6) is 1.56. The van der Waals surface area contributed by atoms with Gasteiger partial charge in [-0.25, -0.2) is 0 Å². The number of ether oxygens (including phenoxy) is 2. The normalized spacial score (nSPS) is 10.9. The molecule has 0 aliphatic carbocycles. The average Bonchev–Trinajstić information content (AvgIpc) is 2.63. The van der Waals surface area contributed by atoms with Crippen LogP contribution in [0.15, 0.2) is 12.1 Å². The molecule has 1 heterocycles. The Balaban J connectivity index is 2.81. The number of rotatable bonds is 4. The van der Waals surface area contributed by atoms with E-state index in [9.17, 15) is 5.11 Å². The van der Waals surface area contributed by atoms with Gasteiger partial charge in [-0.1, -0.05) is 0 Å². The fraction of sp³-hybridized carbons (Fsp3) is 0.429. The lowest BCUT2D eigenvalue weighted by atomic mass is 10.1. The molecule has 4 heteroatoms. The molecule has 0 fully saturated rings. The molecule has 0 spiro atoms. The summed E-state index contributed by atoms with van der Waals surface area (Å²) in [5, 5.41) is 10.3. The second kappa shape index (κ2) is 4.90. The van der Waals surface area contributed by atoms with E-state index < -0.39 is 0 Å². The third-order valence-corrected chi connectivity index (χ3v) is 3.48.